The number of ether oxygens (including phenoxy) is 3. The first kappa shape index (κ1) is 21.5. The van der Waals surface area contributed by atoms with Crippen molar-refractivity contribution in [3.05, 3.63) is 23.8 Å². The molecule has 1 fully saturated rings. The van der Waals surface area contributed by atoms with E-state index < -0.39 is 12.0 Å². The minimum absolute atomic E-state index is 0.00487. The van der Waals surface area contributed by atoms with Gasteiger partial charge >= 0.3 is 5.97 Å². The van der Waals surface area contributed by atoms with E-state index in [0.717, 1.165) is 0 Å². The van der Waals surface area contributed by atoms with Gasteiger partial charge in [0.25, 0.3) is 11.8 Å². The molecule has 0 saturated carbocycles. The van der Waals surface area contributed by atoms with Crippen LogP contribution in [0.2, 0.25) is 0 Å². The normalized spacial score (nSPS) is 16.6. The summed E-state index contributed by atoms with van der Waals surface area (Å²) in [4.78, 5) is 37.2. The maximum Gasteiger partial charge on any atom is 0.305 e. The molecule has 2 N–H and O–H groups in total. The monoisotopic (exact) mass is 394 g/mol. The van der Waals surface area contributed by atoms with Crippen LogP contribution in [0.25, 0.3) is 0 Å². The molecular weight excluding hydrogens is 368 g/mol. The molecule has 1 saturated heterocycles. The maximum absolute atomic E-state index is 12.9. The average Bonchev–Trinajstić information content (AvgIpc) is 2.65. The summed E-state index contributed by atoms with van der Waals surface area (Å²) in [7, 11) is 1.44. The van der Waals surface area contributed by atoms with Crippen molar-refractivity contribution in [2.24, 2.45) is 0 Å². The Morgan fingerprint density at radius 2 is 2.07 bits per heavy atom. The van der Waals surface area contributed by atoms with Gasteiger partial charge in [0.2, 0.25) is 0 Å². The molecule has 1 heterocycles. The van der Waals surface area contributed by atoms with Crippen molar-refractivity contribution in [3.63, 3.8) is 0 Å². The second-order valence-corrected chi connectivity index (χ2v) is 6.70. The quantitative estimate of drug-likeness (QED) is 0.674. The average molecular weight is 394 g/mol. The number of morpholine rings is 1. The molecule has 1 aromatic carbocycles. The molecule has 2 amide bonds. The fourth-order valence-corrected chi connectivity index (χ4v) is 2.89. The molecule has 154 valence electrons. The van der Waals surface area contributed by atoms with Crippen LogP contribution in [0.1, 0.15) is 30.6 Å². The highest BCUT2D eigenvalue weighted by atomic mass is 16.5. The molecule has 0 aromatic heterocycles. The number of carboxylic acids is 1. The van der Waals surface area contributed by atoms with E-state index >= 15 is 0 Å². The van der Waals surface area contributed by atoms with Gasteiger partial charge in [-0.15, -0.1) is 0 Å². The number of aliphatic carboxylic acids is 1. The lowest BCUT2D eigenvalue weighted by molar-refractivity contribution is -0.139. The molecular formula is C19H26N2O7. The molecule has 1 unspecified atom stereocenters. The lowest BCUT2D eigenvalue weighted by Crippen LogP contribution is -2.49. The van der Waals surface area contributed by atoms with Gasteiger partial charge in [-0.2, -0.15) is 0 Å². The van der Waals surface area contributed by atoms with E-state index in [-0.39, 0.29) is 37.5 Å². The number of benzene rings is 1. The third-order valence-electron chi connectivity index (χ3n) is 4.12. The molecule has 0 aliphatic carbocycles. The first-order chi connectivity index (χ1) is 13.3. The number of hydrogen-bond donors (Lipinski definition) is 2. The number of amides is 2. The van der Waals surface area contributed by atoms with Gasteiger partial charge in [-0.1, -0.05) is 0 Å². The summed E-state index contributed by atoms with van der Waals surface area (Å²) < 4.78 is 16.1. The number of carboxylic acid groups (broad SMARTS) is 1. The highest BCUT2D eigenvalue weighted by molar-refractivity contribution is 5.95. The largest absolute Gasteiger partial charge is 0.493 e. The fraction of sp³-hybridized carbons (Fsp3) is 0.526. The predicted molar refractivity (Wildman–Crippen MR) is 99.7 cm³/mol. The minimum Gasteiger partial charge on any atom is -0.493 e. The Morgan fingerprint density at radius 1 is 1.32 bits per heavy atom. The van der Waals surface area contributed by atoms with Crippen molar-refractivity contribution in [3.8, 4) is 11.5 Å². The van der Waals surface area contributed by atoms with Crippen LogP contribution in [0.4, 0.5) is 0 Å². The Morgan fingerprint density at radius 3 is 2.71 bits per heavy atom. The summed E-state index contributed by atoms with van der Waals surface area (Å²) in [6.45, 7) is 4.37. The smallest absolute Gasteiger partial charge is 0.305 e. The summed E-state index contributed by atoms with van der Waals surface area (Å²) in [5.74, 6) is -0.915. The highest BCUT2D eigenvalue weighted by Crippen LogP contribution is 2.29. The highest BCUT2D eigenvalue weighted by Gasteiger charge is 2.30. The van der Waals surface area contributed by atoms with Crippen LogP contribution in [0.15, 0.2) is 18.2 Å². The topological polar surface area (TPSA) is 114 Å². The molecule has 1 aliphatic heterocycles. The number of nitrogens with one attached hydrogen (secondary N) is 1. The predicted octanol–water partition coefficient (Wildman–Crippen LogP) is 0.914. The standard InChI is InChI=1S/C19H26N2O7/c1-12(2)20-17(22)11-28-15-5-4-13(8-16(15)26-3)19(25)21-6-7-27-10-14(21)9-18(23)24/h4-5,8,12,14H,6-7,9-11H2,1-3H3,(H,20,22)(H,23,24). The van der Waals surface area contributed by atoms with Gasteiger partial charge < -0.3 is 29.5 Å². The van der Waals surface area contributed by atoms with Gasteiger partial charge in [-0.05, 0) is 32.0 Å². The third-order valence-corrected chi connectivity index (χ3v) is 4.12. The van der Waals surface area contributed by atoms with E-state index in [0.29, 0.717) is 30.2 Å². The van der Waals surface area contributed by atoms with E-state index in [1.54, 1.807) is 12.1 Å². The van der Waals surface area contributed by atoms with Crippen LogP contribution in [0.3, 0.4) is 0 Å². The van der Waals surface area contributed by atoms with Crippen LogP contribution in [-0.2, 0) is 14.3 Å². The molecule has 0 spiro atoms. The summed E-state index contributed by atoms with van der Waals surface area (Å²) in [6.07, 6.45) is -0.185. The van der Waals surface area contributed by atoms with E-state index in [1.807, 2.05) is 13.8 Å². The molecule has 9 heteroatoms. The first-order valence-corrected chi connectivity index (χ1v) is 9.02. The second-order valence-electron chi connectivity index (χ2n) is 6.70. The van der Waals surface area contributed by atoms with Gasteiger partial charge in [-0.25, -0.2) is 0 Å². The van der Waals surface area contributed by atoms with Crippen LogP contribution >= 0.6 is 0 Å². The number of carbonyl (C=O) groups is 3. The van der Waals surface area contributed by atoms with Crippen molar-refractivity contribution < 1.29 is 33.7 Å². The molecule has 28 heavy (non-hydrogen) atoms. The number of hydrogen-bond acceptors (Lipinski definition) is 6. The number of carbonyl (C=O) groups excluding carboxylic acids is 2. The molecule has 0 radical (unpaired) electrons. The minimum atomic E-state index is -0.991. The van der Waals surface area contributed by atoms with Crippen LogP contribution in [-0.4, -0.2) is 73.3 Å². The summed E-state index contributed by atoms with van der Waals surface area (Å²) in [6, 6.07) is 4.12. The summed E-state index contributed by atoms with van der Waals surface area (Å²) >= 11 is 0. The lowest BCUT2D eigenvalue weighted by atomic mass is 10.1. The van der Waals surface area contributed by atoms with Crippen molar-refractivity contribution >= 4 is 17.8 Å². The number of rotatable bonds is 8. The Kier molecular flexibility index (Phi) is 7.62. The summed E-state index contributed by atoms with van der Waals surface area (Å²) in [5, 5.41) is 11.8. The molecule has 9 nitrogen and oxygen atoms in total. The Labute approximate surface area is 163 Å². The van der Waals surface area contributed by atoms with Crippen molar-refractivity contribution in [2.45, 2.75) is 32.4 Å². The van der Waals surface area contributed by atoms with Crippen molar-refractivity contribution in [1.29, 1.82) is 0 Å². The Hall–Kier alpha value is -2.81. The van der Waals surface area contributed by atoms with Crippen molar-refractivity contribution in [2.75, 3.05) is 33.5 Å². The molecule has 1 aliphatic rings. The molecule has 2 rings (SSSR count). The van der Waals surface area contributed by atoms with Gasteiger partial charge in [0.1, 0.15) is 0 Å². The van der Waals surface area contributed by atoms with Gasteiger partial charge in [0.05, 0.1) is 32.8 Å². The second kappa shape index (κ2) is 9.93. The number of methoxy groups -OCH3 is 1. The zero-order chi connectivity index (χ0) is 20.7. The summed E-state index contributed by atoms with van der Waals surface area (Å²) in [5.41, 5.74) is 0.341. The molecule has 1 atom stereocenters. The molecule has 1 aromatic rings. The maximum atomic E-state index is 12.9. The lowest BCUT2D eigenvalue weighted by Gasteiger charge is -2.35. The van der Waals surface area contributed by atoms with Gasteiger partial charge in [0.15, 0.2) is 18.1 Å². The Balaban J connectivity index is 2.12. The van der Waals surface area contributed by atoms with E-state index in [2.05, 4.69) is 5.32 Å². The van der Waals surface area contributed by atoms with Gasteiger partial charge in [-0.3, -0.25) is 14.4 Å². The van der Waals surface area contributed by atoms with Crippen LogP contribution < -0.4 is 14.8 Å². The van der Waals surface area contributed by atoms with E-state index in [1.165, 1.54) is 18.1 Å². The fourth-order valence-electron chi connectivity index (χ4n) is 2.89. The zero-order valence-corrected chi connectivity index (χ0v) is 16.3. The number of nitrogens with zero attached hydrogens (tertiary/aromatic N) is 1. The zero-order valence-electron chi connectivity index (χ0n) is 16.3. The van der Waals surface area contributed by atoms with E-state index in [4.69, 9.17) is 19.3 Å². The van der Waals surface area contributed by atoms with Gasteiger partial charge in [0, 0.05) is 18.2 Å². The van der Waals surface area contributed by atoms with Crippen LogP contribution in [0, 0.1) is 0 Å². The molecule has 0 bridgehead atoms. The third kappa shape index (κ3) is 5.85. The first-order valence-electron chi connectivity index (χ1n) is 9.02. The SMILES string of the molecule is COc1cc(C(=O)N2CCOCC2CC(=O)O)ccc1OCC(=O)NC(C)C. The van der Waals surface area contributed by atoms with Crippen LogP contribution in [0.5, 0.6) is 11.5 Å². The van der Waals surface area contributed by atoms with Crippen molar-refractivity contribution in [1.82, 2.24) is 10.2 Å². The van der Waals surface area contributed by atoms with E-state index in [9.17, 15) is 14.4 Å². The Bertz CT molecular complexity index is 720.